The van der Waals surface area contributed by atoms with Gasteiger partial charge in [0.1, 0.15) is 12.4 Å². The first kappa shape index (κ1) is 15.2. The van der Waals surface area contributed by atoms with Gasteiger partial charge < -0.3 is 4.74 Å². The van der Waals surface area contributed by atoms with E-state index in [1.165, 1.54) is 11.5 Å². The molecule has 0 saturated carbocycles. The van der Waals surface area contributed by atoms with Gasteiger partial charge in [-0.1, -0.05) is 46.9 Å². The number of aromatic nitrogens is 1. The Morgan fingerprint density at radius 1 is 1.09 bits per heavy atom. The molecule has 0 amide bonds. The first-order chi connectivity index (χ1) is 10.6. The largest absolute Gasteiger partial charge is 0.489 e. The highest BCUT2D eigenvalue weighted by molar-refractivity contribution is 7.09. The van der Waals surface area contributed by atoms with E-state index in [1.54, 1.807) is 12.1 Å². The van der Waals surface area contributed by atoms with Crippen LogP contribution in [0.2, 0.25) is 10.0 Å². The molecule has 0 aliphatic heterocycles. The Labute approximate surface area is 141 Å². The van der Waals surface area contributed by atoms with Gasteiger partial charge in [0.25, 0.3) is 5.56 Å². The van der Waals surface area contributed by atoms with Gasteiger partial charge >= 0.3 is 0 Å². The summed E-state index contributed by atoms with van der Waals surface area (Å²) in [6, 6.07) is 14.6. The van der Waals surface area contributed by atoms with Crippen LogP contribution in [0.5, 0.6) is 5.75 Å². The minimum Gasteiger partial charge on any atom is -0.489 e. The van der Waals surface area contributed by atoms with E-state index in [2.05, 4.69) is 4.37 Å². The van der Waals surface area contributed by atoms with Crippen molar-refractivity contribution in [3.05, 3.63) is 74.5 Å². The summed E-state index contributed by atoms with van der Waals surface area (Å²) in [5, 5.41) is 1.03. The molecule has 112 valence electrons. The Morgan fingerprint density at radius 3 is 2.55 bits per heavy atom. The Kier molecular flexibility index (Phi) is 4.52. The second kappa shape index (κ2) is 6.57. The lowest BCUT2D eigenvalue weighted by molar-refractivity contribution is 0.306. The third-order valence-corrected chi connectivity index (χ3v) is 4.82. The van der Waals surface area contributed by atoms with E-state index < -0.39 is 0 Å². The normalized spacial score (nSPS) is 10.6. The fourth-order valence-electron chi connectivity index (χ4n) is 1.96. The van der Waals surface area contributed by atoms with E-state index in [0.717, 1.165) is 21.8 Å². The second-order valence-corrected chi connectivity index (χ2v) is 6.24. The van der Waals surface area contributed by atoms with E-state index in [1.807, 2.05) is 36.4 Å². The Morgan fingerprint density at radius 2 is 1.86 bits per heavy atom. The van der Waals surface area contributed by atoms with Gasteiger partial charge in [-0.05, 0) is 35.9 Å². The zero-order valence-corrected chi connectivity index (χ0v) is 13.6. The average Bonchev–Trinajstić information content (AvgIpc) is 2.96. The van der Waals surface area contributed by atoms with Crippen molar-refractivity contribution in [3.8, 4) is 16.2 Å². The van der Waals surface area contributed by atoms with Crippen LogP contribution in [-0.4, -0.2) is 4.37 Å². The van der Waals surface area contributed by atoms with E-state index >= 15 is 0 Å². The van der Waals surface area contributed by atoms with Crippen LogP contribution in [0.4, 0.5) is 0 Å². The van der Waals surface area contributed by atoms with Crippen molar-refractivity contribution in [2.45, 2.75) is 6.61 Å². The monoisotopic (exact) mass is 351 g/mol. The standard InChI is InChI=1S/C16H11Cl2NO2S/c17-13-3-1-2-11(16(13)18)9-21-12-6-4-10(5-7-12)14-8-15(20)19-22-14/h1-8H,9H2,(H,19,20). The van der Waals surface area contributed by atoms with Crippen LogP contribution < -0.4 is 10.3 Å². The number of nitrogens with one attached hydrogen (secondary N) is 1. The molecule has 0 unspecified atom stereocenters. The number of benzene rings is 2. The Balaban J connectivity index is 1.71. The van der Waals surface area contributed by atoms with Crippen LogP contribution in [0.15, 0.2) is 53.3 Å². The molecule has 0 radical (unpaired) electrons. The molecule has 22 heavy (non-hydrogen) atoms. The zero-order chi connectivity index (χ0) is 15.5. The van der Waals surface area contributed by atoms with Crippen LogP contribution in [-0.2, 0) is 6.61 Å². The number of halogens is 2. The smallest absolute Gasteiger partial charge is 0.258 e. The molecule has 1 N–H and O–H groups in total. The number of hydrogen-bond donors (Lipinski definition) is 1. The first-order valence-electron chi connectivity index (χ1n) is 6.48. The molecule has 3 nitrogen and oxygen atoms in total. The van der Waals surface area contributed by atoms with Crippen molar-refractivity contribution in [1.29, 1.82) is 0 Å². The van der Waals surface area contributed by atoms with Gasteiger partial charge in [-0.2, -0.15) is 0 Å². The topological polar surface area (TPSA) is 42.1 Å². The van der Waals surface area contributed by atoms with E-state index in [-0.39, 0.29) is 5.56 Å². The minimum atomic E-state index is -0.0871. The molecule has 2 aromatic carbocycles. The number of aromatic amines is 1. The van der Waals surface area contributed by atoms with Gasteiger partial charge in [-0.15, -0.1) is 0 Å². The molecule has 0 aliphatic carbocycles. The minimum absolute atomic E-state index is 0.0871. The van der Waals surface area contributed by atoms with E-state index in [4.69, 9.17) is 27.9 Å². The number of hydrogen-bond acceptors (Lipinski definition) is 3. The molecule has 0 aliphatic rings. The second-order valence-electron chi connectivity index (χ2n) is 4.60. The lowest BCUT2D eigenvalue weighted by Crippen LogP contribution is -1.96. The summed E-state index contributed by atoms with van der Waals surface area (Å²) in [4.78, 5) is 12.1. The third-order valence-electron chi connectivity index (χ3n) is 3.09. The number of rotatable bonds is 4. The summed E-state index contributed by atoms with van der Waals surface area (Å²) in [5.74, 6) is 0.725. The SMILES string of the molecule is O=c1cc(-c2ccc(OCc3cccc(Cl)c3Cl)cc2)s[nH]1. The maximum absolute atomic E-state index is 11.2. The van der Waals surface area contributed by atoms with Crippen LogP contribution in [0.25, 0.3) is 10.4 Å². The van der Waals surface area contributed by atoms with Crippen molar-refractivity contribution in [2.75, 3.05) is 0 Å². The summed E-state index contributed by atoms with van der Waals surface area (Å²) < 4.78 is 8.38. The molecular weight excluding hydrogens is 341 g/mol. The quantitative estimate of drug-likeness (QED) is 0.719. The van der Waals surface area contributed by atoms with Gasteiger partial charge in [0.2, 0.25) is 0 Å². The van der Waals surface area contributed by atoms with Crippen molar-refractivity contribution < 1.29 is 4.74 Å². The molecule has 1 aromatic heterocycles. The molecule has 3 rings (SSSR count). The molecule has 0 bridgehead atoms. The summed E-state index contributed by atoms with van der Waals surface area (Å²) in [6.45, 7) is 0.343. The average molecular weight is 352 g/mol. The fourth-order valence-corrected chi connectivity index (χ4v) is 3.03. The van der Waals surface area contributed by atoms with Crippen molar-refractivity contribution in [1.82, 2.24) is 4.37 Å². The van der Waals surface area contributed by atoms with E-state index in [0.29, 0.717) is 16.7 Å². The number of H-pyrrole nitrogens is 1. The van der Waals surface area contributed by atoms with Gasteiger partial charge in [0.05, 0.1) is 14.9 Å². The highest BCUT2D eigenvalue weighted by atomic mass is 35.5. The lowest BCUT2D eigenvalue weighted by Gasteiger charge is -2.09. The van der Waals surface area contributed by atoms with Gasteiger partial charge in [0.15, 0.2) is 0 Å². The third kappa shape index (κ3) is 3.35. The molecule has 0 atom stereocenters. The molecule has 0 fully saturated rings. The summed E-state index contributed by atoms with van der Waals surface area (Å²) in [6.07, 6.45) is 0. The Hall–Kier alpha value is -1.75. The van der Waals surface area contributed by atoms with Crippen LogP contribution in [0, 0.1) is 0 Å². The molecule has 3 aromatic rings. The maximum atomic E-state index is 11.2. The van der Waals surface area contributed by atoms with Gasteiger partial charge in [-0.25, -0.2) is 0 Å². The molecule has 1 heterocycles. The molecule has 6 heteroatoms. The highest BCUT2D eigenvalue weighted by Gasteiger charge is 2.06. The first-order valence-corrected chi connectivity index (χ1v) is 8.05. The van der Waals surface area contributed by atoms with Crippen LogP contribution >= 0.6 is 34.7 Å². The maximum Gasteiger partial charge on any atom is 0.258 e. The summed E-state index contributed by atoms with van der Waals surface area (Å²) in [7, 11) is 0. The van der Waals surface area contributed by atoms with Crippen molar-refractivity contribution >= 4 is 34.7 Å². The molecule has 0 spiro atoms. The predicted molar refractivity (Wildman–Crippen MR) is 91.2 cm³/mol. The highest BCUT2D eigenvalue weighted by Crippen LogP contribution is 2.27. The van der Waals surface area contributed by atoms with E-state index in [9.17, 15) is 4.79 Å². The lowest BCUT2D eigenvalue weighted by atomic mass is 10.2. The predicted octanol–water partition coefficient (Wildman–Crippen LogP) is 4.99. The van der Waals surface area contributed by atoms with Gasteiger partial charge in [0, 0.05) is 11.6 Å². The van der Waals surface area contributed by atoms with Gasteiger partial charge in [-0.3, -0.25) is 9.17 Å². The fraction of sp³-hybridized carbons (Fsp3) is 0.0625. The number of ether oxygens (including phenoxy) is 1. The van der Waals surface area contributed by atoms with Crippen LogP contribution in [0.1, 0.15) is 5.56 Å². The molecular formula is C16H11Cl2NO2S. The van der Waals surface area contributed by atoms with Crippen molar-refractivity contribution in [3.63, 3.8) is 0 Å². The zero-order valence-electron chi connectivity index (χ0n) is 11.3. The van der Waals surface area contributed by atoms with Crippen LogP contribution in [0.3, 0.4) is 0 Å². The molecule has 0 saturated heterocycles. The summed E-state index contributed by atoms with van der Waals surface area (Å²) >= 11 is 13.4. The Bertz CT molecular complexity index is 840. The van der Waals surface area contributed by atoms with Crippen molar-refractivity contribution in [2.24, 2.45) is 0 Å². The summed E-state index contributed by atoms with van der Waals surface area (Å²) in [5.41, 5.74) is 1.72.